The molecule has 1 amide bonds. The number of nitrogens with one attached hydrogen (secondary N) is 1. The molecular formula is C20H21NO6S. The quantitative estimate of drug-likeness (QED) is 0.681. The number of carbonyl (C=O) groups excluding carboxylic acids is 3. The van der Waals surface area contributed by atoms with Gasteiger partial charge < -0.3 is 14.8 Å². The molecule has 148 valence electrons. The molecule has 28 heavy (non-hydrogen) atoms. The number of anilines is 1. The number of carbonyl (C=O) groups is 3. The second kappa shape index (κ2) is 10.4. The van der Waals surface area contributed by atoms with E-state index in [1.165, 1.54) is 18.2 Å². The van der Waals surface area contributed by atoms with Crippen molar-refractivity contribution >= 4 is 34.3 Å². The normalized spacial score (nSPS) is 11.4. The molecule has 0 aliphatic rings. The van der Waals surface area contributed by atoms with Gasteiger partial charge in [-0.15, -0.1) is 0 Å². The molecule has 0 aliphatic heterocycles. The van der Waals surface area contributed by atoms with Crippen molar-refractivity contribution in [3.63, 3.8) is 0 Å². The van der Waals surface area contributed by atoms with E-state index in [0.29, 0.717) is 21.9 Å². The summed E-state index contributed by atoms with van der Waals surface area (Å²) in [7, 11) is -1.32. The van der Waals surface area contributed by atoms with Crippen LogP contribution >= 0.6 is 0 Å². The van der Waals surface area contributed by atoms with E-state index in [1.54, 1.807) is 44.2 Å². The summed E-state index contributed by atoms with van der Waals surface area (Å²) in [6.45, 7) is 3.24. The Kier molecular flexibility index (Phi) is 7.88. The van der Waals surface area contributed by atoms with E-state index in [0.717, 1.165) is 0 Å². The van der Waals surface area contributed by atoms with Crippen molar-refractivity contribution in [2.75, 3.05) is 24.3 Å². The van der Waals surface area contributed by atoms with Gasteiger partial charge in [0.1, 0.15) is 0 Å². The Labute approximate surface area is 165 Å². The van der Waals surface area contributed by atoms with Crippen molar-refractivity contribution in [1.29, 1.82) is 0 Å². The first kappa shape index (κ1) is 21.3. The highest BCUT2D eigenvalue weighted by Crippen LogP contribution is 2.15. The van der Waals surface area contributed by atoms with Gasteiger partial charge in [0, 0.05) is 11.4 Å². The number of ether oxygens (including phenoxy) is 2. The van der Waals surface area contributed by atoms with Crippen LogP contribution in [-0.4, -0.2) is 41.0 Å². The maximum atomic E-state index is 12.2. The van der Waals surface area contributed by atoms with Gasteiger partial charge in [-0.05, 0) is 43.3 Å². The Hall–Kier alpha value is -3.00. The summed E-state index contributed by atoms with van der Waals surface area (Å²) in [5, 5.41) is 2.57. The maximum absolute atomic E-state index is 12.2. The van der Waals surface area contributed by atoms with Crippen LogP contribution in [0.4, 0.5) is 5.69 Å². The predicted molar refractivity (Wildman–Crippen MR) is 105 cm³/mol. The van der Waals surface area contributed by atoms with Crippen molar-refractivity contribution in [3.05, 3.63) is 59.7 Å². The van der Waals surface area contributed by atoms with E-state index in [9.17, 15) is 18.6 Å². The van der Waals surface area contributed by atoms with Crippen LogP contribution in [0.25, 0.3) is 0 Å². The minimum Gasteiger partial charge on any atom is -0.462 e. The monoisotopic (exact) mass is 403 g/mol. The predicted octanol–water partition coefficient (Wildman–Crippen LogP) is 2.79. The summed E-state index contributed by atoms with van der Waals surface area (Å²) < 4.78 is 21.9. The van der Waals surface area contributed by atoms with Crippen molar-refractivity contribution in [2.45, 2.75) is 18.7 Å². The lowest BCUT2D eigenvalue weighted by Gasteiger charge is -2.09. The standard InChI is InChI=1S/C20H21NO6S/c1-3-26-19(23)14-9-11-15(12-10-14)21-18(22)13-27-20(24)16-7-5-6-8-17(16)28(25)4-2/h5-12H,3-4,13H2,1-2H3,(H,21,22)/t28-/m0/s1. The van der Waals surface area contributed by atoms with Crippen LogP contribution in [0, 0.1) is 0 Å². The second-order valence-corrected chi connectivity index (χ2v) is 7.26. The van der Waals surface area contributed by atoms with Crippen LogP contribution in [0.15, 0.2) is 53.4 Å². The third-order valence-electron chi connectivity index (χ3n) is 3.63. The summed E-state index contributed by atoms with van der Waals surface area (Å²) in [5.74, 6) is -1.33. The fraction of sp³-hybridized carbons (Fsp3) is 0.250. The molecule has 0 aliphatic carbocycles. The number of rotatable bonds is 8. The average molecular weight is 403 g/mol. The lowest BCUT2D eigenvalue weighted by molar-refractivity contribution is -0.119. The van der Waals surface area contributed by atoms with Gasteiger partial charge in [-0.25, -0.2) is 9.59 Å². The molecule has 0 aromatic heterocycles. The molecule has 0 radical (unpaired) electrons. The Balaban J connectivity index is 1.93. The first-order valence-electron chi connectivity index (χ1n) is 8.67. The first-order valence-corrected chi connectivity index (χ1v) is 9.99. The summed E-state index contributed by atoms with van der Waals surface area (Å²) in [6.07, 6.45) is 0. The highest BCUT2D eigenvalue weighted by Gasteiger charge is 2.17. The molecule has 8 heteroatoms. The third-order valence-corrected chi connectivity index (χ3v) is 5.00. The highest BCUT2D eigenvalue weighted by molar-refractivity contribution is 7.85. The van der Waals surface area contributed by atoms with Crippen LogP contribution in [0.5, 0.6) is 0 Å². The van der Waals surface area contributed by atoms with Gasteiger partial charge in [-0.2, -0.15) is 0 Å². The van der Waals surface area contributed by atoms with Gasteiger partial charge in [0.05, 0.1) is 33.4 Å². The molecule has 0 heterocycles. The maximum Gasteiger partial charge on any atom is 0.339 e. The van der Waals surface area contributed by atoms with Gasteiger partial charge in [-0.1, -0.05) is 19.1 Å². The fourth-order valence-electron chi connectivity index (χ4n) is 2.30. The Morgan fingerprint density at radius 2 is 1.61 bits per heavy atom. The largest absolute Gasteiger partial charge is 0.462 e. The molecule has 0 fully saturated rings. The summed E-state index contributed by atoms with van der Waals surface area (Å²) in [5.41, 5.74) is 0.989. The van der Waals surface area contributed by atoms with Crippen LogP contribution < -0.4 is 5.32 Å². The van der Waals surface area contributed by atoms with E-state index < -0.39 is 35.3 Å². The molecular weight excluding hydrogens is 382 g/mol. The van der Waals surface area contributed by atoms with Crippen LogP contribution in [0.3, 0.4) is 0 Å². The average Bonchev–Trinajstić information content (AvgIpc) is 2.72. The molecule has 0 saturated carbocycles. The lowest BCUT2D eigenvalue weighted by atomic mass is 10.2. The van der Waals surface area contributed by atoms with Gasteiger partial charge in [0.2, 0.25) is 0 Å². The Bertz CT molecular complexity index is 879. The minimum absolute atomic E-state index is 0.175. The molecule has 0 saturated heterocycles. The number of amides is 1. The molecule has 0 spiro atoms. The Morgan fingerprint density at radius 3 is 2.25 bits per heavy atom. The fourth-order valence-corrected chi connectivity index (χ4v) is 3.24. The zero-order valence-electron chi connectivity index (χ0n) is 15.6. The van der Waals surface area contributed by atoms with E-state index >= 15 is 0 Å². The number of esters is 2. The number of hydrogen-bond donors (Lipinski definition) is 1. The Morgan fingerprint density at radius 1 is 0.929 bits per heavy atom. The zero-order valence-corrected chi connectivity index (χ0v) is 16.4. The number of benzene rings is 2. The molecule has 2 aromatic carbocycles. The molecule has 7 nitrogen and oxygen atoms in total. The second-order valence-electron chi connectivity index (χ2n) is 5.55. The van der Waals surface area contributed by atoms with Crippen molar-refractivity contribution in [3.8, 4) is 0 Å². The van der Waals surface area contributed by atoms with Gasteiger partial charge in [-0.3, -0.25) is 9.00 Å². The van der Waals surface area contributed by atoms with E-state index in [1.807, 2.05) is 0 Å². The van der Waals surface area contributed by atoms with Crippen LogP contribution in [0.1, 0.15) is 34.6 Å². The van der Waals surface area contributed by atoms with Crippen LogP contribution in [0.2, 0.25) is 0 Å². The van der Waals surface area contributed by atoms with E-state index in [-0.39, 0.29) is 12.2 Å². The molecule has 0 bridgehead atoms. The third kappa shape index (κ3) is 5.75. The molecule has 0 unspecified atom stereocenters. The van der Waals surface area contributed by atoms with Crippen LogP contribution in [-0.2, 0) is 25.1 Å². The van der Waals surface area contributed by atoms with Gasteiger partial charge in [0.25, 0.3) is 5.91 Å². The SMILES string of the molecule is CCOC(=O)c1ccc(NC(=O)COC(=O)c2ccccc2[S@@](=O)CC)cc1. The smallest absolute Gasteiger partial charge is 0.339 e. The number of hydrogen-bond acceptors (Lipinski definition) is 6. The van der Waals surface area contributed by atoms with Crippen molar-refractivity contribution < 1.29 is 28.1 Å². The van der Waals surface area contributed by atoms with Crippen molar-refractivity contribution in [2.24, 2.45) is 0 Å². The first-order chi connectivity index (χ1) is 13.5. The summed E-state index contributed by atoms with van der Waals surface area (Å²) in [6, 6.07) is 12.6. The van der Waals surface area contributed by atoms with Gasteiger partial charge >= 0.3 is 11.9 Å². The van der Waals surface area contributed by atoms with Crippen molar-refractivity contribution in [1.82, 2.24) is 0 Å². The summed E-state index contributed by atoms with van der Waals surface area (Å²) >= 11 is 0. The van der Waals surface area contributed by atoms with E-state index in [2.05, 4.69) is 5.32 Å². The van der Waals surface area contributed by atoms with E-state index in [4.69, 9.17) is 9.47 Å². The molecule has 1 N–H and O–H groups in total. The topological polar surface area (TPSA) is 98.8 Å². The van der Waals surface area contributed by atoms with Gasteiger partial charge in [0.15, 0.2) is 6.61 Å². The summed E-state index contributed by atoms with van der Waals surface area (Å²) in [4.78, 5) is 36.2. The minimum atomic E-state index is -1.32. The molecule has 2 rings (SSSR count). The molecule has 2 aromatic rings. The zero-order chi connectivity index (χ0) is 20.5. The highest BCUT2D eigenvalue weighted by atomic mass is 32.2. The lowest BCUT2D eigenvalue weighted by Crippen LogP contribution is -2.21. The molecule has 1 atom stereocenters.